The number of amidine groups is 1. The van der Waals surface area contributed by atoms with E-state index in [9.17, 15) is 0 Å². The molecule has 0 radical (unpaired) electrons. The maximum atomic E-state index is 7.51. The molecule has 104 valence electrons. The van der Waals surface area contributed by atoms with Crippen LogP contribution in [0.3, 0.4) is 0 Å². The summed E-state index contributed by atoms with van der Waals surface area (Å²) in [6.45, 7) is 1.96. The molecule has 0 bridgehead atoms. The summed E-state index contributed by atoms with van der Waals surface area (Å²) in [5.41, 5.74) is 9.43. The van der Waals surface area contributed by atoms with Gasteiger partial charge in [0.05, 0.1) is 7.11 Å². The first kappa shape index (κ1) is 13.9. The third-order valence-electron chi connectivity index (χ3n) is 3.35. The summed E-state index contributed by atoms with van der Waals surface area (Å²) in [5, 5.41) is 7.51. The Morgan fingerprint density at radius 1 is 1.10 bits per heavy atom. The number of hydrogen-bond acceptors (Lipinski definition) is 3. The molecule has 20 heavy (non-hydrogen) atoms. The van der Waals surface area contributed by atoms with Gasteiger partial charge >= 0.3 is 0 Å². The van der Waals surface area contributed by atoms with E-state index in [2.05, 4.69) is 4.90 Å². The molecule has 0 aliphatic carbocycles. The summed E-state index contributed by atoms with van der Waals surface area (Å²) >= 11 is 0. The summed E-state index contributed by atoms with van der Waals surface area (Å²) in [4.78, 5) is 2.08. The number of hydrogen-bond donors (Lipinski definition) is 2. The molecule has 0 aromatic heterocycles. The second-order valence-electron chi connectivity index (χ2n) is 4.67. The van der Waals surface area contributed by atoms with Crippen LogP contribution >= 0.6 is 0 Å². The first-order valence-electron chi connectivity index (χ1n) is 6.35. The lowest BCUT2D eigenvalue weighted by Gasteiger charge is -2.21. The van der Waals surface area contributed by atoms with Gasteiger partial charge in [-0.05, 0) is 55.0 Å². The molecule has 0 spiro atoms. The lowest BCUT2D eigenvalue weighted by molar-refractivity contribution is 0.415. The molecule has 2 aromatic carbocycles. The van der Waals surface area contributed by atoms with Crippen LogP contribution in [0.1, 0.15) is 11.1 Å². The predicted octanol–water partition coefficient (Wildman–Crippen LogP) is 3.06. The Morgan fingerprint density at radius 2 is 1.70 bits per heavy atom. The van der Waals surface area contributed by atoms with Gasteiger partial charge in [0.2, 0.25) is 0 Å². The molecule has 2 aromatic rings. The summed E-state index contributed by atoms with van der Waals surface area (Å²) < 4.78 is 5.16. The van der Waals surface area contributed by atoms with Crippen LogP contribution in [0.2, 0.25) is 0 Å². The Hall–Kier alpha value is -2.49. The molecule has 3 N–H and O–H groups in total. The summed E-state index contributed by atoms with van der Waals surface area (Å²) in [5.74, 6) is 0.936. The Morgan fingerprint density at radius 3 is 2.20 bits per heavy atom. The highest BCUT2D eigenvalue weighted by molar-refractivity contribution is 5.96. The molecule has 0 saturated heterocycles. The number of benzene rings is 2. The van der Waals surface area contributed by atoms with Crippen LogP contribution < -0.4 is 15.4 Å². The van der Waals surface area contributed by atoms with E-state index < -0.39 is 0 Å². The number of nitrogens with two attached hydrogens (primary N) is 1. The molecular weight excluding hydrogens is 250 g/mol. The van der Waals surface area contributed by atoms with Crippen molar-refractivity contribution in [1.29, 1.82) is 5.41 Å². The van der Waals surface area contributed by atoms with E-state index >= 15 is 0 Å². The molecular formula is C16H19N3O. The maximum absolute atomic E-state index is 7.51. The number of aryl methyl sites for hydroxylation is 1. The van der Waals surface area contributed by atoms with Crippen molar-refractivity contribution in [1.82, 2.24) is 0 Å². The van der Waals surface area contributed by atoms with E-state index in [1.807, 2.05) is 56.4 Å². The third kappa shape index (κ3) is 2.74. The van der Waals surface area contributed by atoms with Crippen molar-refractivity contribution >= 4 is 17.2 Å². The SMILES string of the molecule is COc1ccc(N(C)c2ccc(C(=N)N)c(C)c2)cc1. The number of nitrogens with one attached hydrogen (secondary N) is 1. The fourth-order valence-corrected chi connectivity index (χ4v) is 2.11. The van der Waals surface area contributed by atoms with Crippen LogP contribution in [-0.4, -0.2) is 20.0 Å². The van der Waals surface area contributed by atoms with E-state index in [-0.39, 0.29) is 5.84 Å². The number of methoxy groups -OCH3 is 1. The third-order valence-corrected chi connectivity index (χ3v) is 3.35. The molecule has 0 amide bonds. The van der Waals surface area contributed by atoms with Crippen molar-refractivity contribution in [2.75, 3.05) is 19.1 Å². The van der Waals surface area contributed by atoms with Gasteiger partial charge in [0.1, 0.15) is 11.6 Å². The van der Waals surface area contributed by atoms with Crippen molar-refractivity contribution in [2.24, 2.45) is 5.73 Å². The van der Waals surface area contributed by atoms with Gasteiger partial charge in [0.15, 0.2) is 0 Å². The Bertz CT molecular complexity index is 620. The summed E-state index contributed by atoms with van der Waals surface area (Å²) in [7, 11) is 3.66. The average molecular weight is 269 g/mol. The molecule has 0 heterocycles. The molecule has 2 rings (SSSR count). The van der Waals surface area contributed by atoms with Crippen LogP contribution in [0.15, 0.2) is 42.5 Å². The van der Waals surface area contributed by atoms with Crippen molar-refractivity contribution in [3.05, 3.63) is 53.6 Å². The lowest BCUT2D eigenvalue weighted by atomic mass is 10.1. The quantitative estimate of drug-likeness (QED) is 0.662. The summed E-state index contributed by atoms with van der Waals surface area (Å²) in [6.07, 6.45) is 0. The zero-order valence-corrected chi connectivity index (χ0v) is 12.0. The highest BCUT2D eigenvalue weighted by Gasteiger charge is 2.07. The van der Waals surface area contributed by atoms with Gasteiger partial charge in [-0.15, -0.1) is 0 Å². The highest BCUT2D eigenvalue weighted by Crippen LogP contribution is 2.27. The molecule has 0 saturated carbocycles. The van der Waals surface area contributed by atoms with E-state index in [1.54, 1.807) is 7.11 Å². The van der Waals surface area contributed by atoms with Gasteiger partial charge in [0.25, 0.3) is 0 Å². The van der Waals surface area contributed by atoms with Gasteiger partial charge < -0.3 is 15.4 Å². The first-order chi connectivity index (χ1) is 9.52. The molecule has 0 aliphatic heterocycles. The van der Waals surface area contributed by atoms with Crippen LogP contribution in [-0.2, 0) is 0 Å². The Kier molecular flexibility index (Phi) is 3.94. The predicted molar refractivity (Wildman–Crippen MR) is 83.3 cm³/mol. The van der Waals surface area contributed by atoms with Crippen molar-refractivity contribution in [3.63, 3.8) is 0 Å². The van der Waals surface area contributed by atoms with Gasteiger partial charge in [-0.25, -0.2) is 0 Å². The Labute approximate surface area is 119 Å². The zero-order valence-electron chi connectivity index (χ0n) is 12.0. The molecule has 4 heteroatoms. The molecule has 0 aliphatic rings. The number of nitrogen functional groups attached to an aromatic ring is 1. The number of ether oxygens (including phenoxy) is 1. The lowest BCUT2D eigenvalue weighted by Crippen LogP contribution is -2.14. The minimum Gasteiger partial charge on any atom is -0.497 e. The van der Waals surface area contributed by atoms with E-state index in [0.717, 1.165) is 28.3 Å². The molecule has 0 unspecified atom stereocenters. The van der Waals surface area contributed by atoms with Crippen molar-refractivity contribution in [3.8, 4) is 5.75 Å². The molecule has 0 fully saturated rings. The second kappa shape index (κ2) is 5.65. The minimum atomic E-state index is 0.0983. The van der Waals surface area contributed by atoms with Crippen LogP contribution in [0.5, 0.6) is 5.75 Å². The number of anilines is 2. The van der Waals surface area contributed by atoms with Gasteiger partial charge in [-0.2, -0.15) is 0 Å². The smallest absolute Gasteiger partial charge is 0.123 e. The van der Waals surface area contributed by atoms with Crippen molar-refractivity contribution < 1.29 is 4.74 Å². The van der Waals surface area contributed by atoms with Crippen molar-refractivity contribution in [2.45, 2.75) is 6.92 Å². The van der Waals surface area contributed by atoms with Gasteiger partial charge in [-0.3, -0.25) is 5.41 Å². The monoisotopic (exact) mass is 269 g/mol. The van der Waals surface area contributed by atoms with Gasteiger partial charge in [-0.1, -0.05) is 0 Å². The first-order valence-corrected chi connectivity index (χ1v) is 6.35. The minimum absolute atomic E-state index is 0.0983. The average Bonchev–Trinajstić information content (AvgIpc) is 2.46. The van der Waals surface area contributed by atoms with Crippen LogP contribution in [0.25, 0.3) is 0 Å². The number of rotatable bonds is 4. The maximum Gasteiger partial charge on any atom is 0.123 e. The van der Waals surface area contributed by atoms with E-state index in [1.165, 1.54) is 0 Å². The fraction of sp³-hybridized carbons (Fsp3) is 0.188. The number of nitrogens with zero attached hydrogens (tertiary/aromatic N) is 1. The fourth-order valence-electron chi connectivity index (χ4n) is 2.11. The molecule has 4 nitrogen and oxygen atoms in total. The molecule has 0 atom stereocenters. The van der Waals surface area contributed by atoms with E-state index in [4.69, 9.17) is 15.9 Å². The van der Waals surface area contributed by atoms with Gasteiger partial charge in [0, 0.05) is 24.0 Å². The van der Waals surface area contributed by atoms with Crippen LogP contribution in [0.4, 0.5) is 11.4 Å². The topological polar surface area (TPSA) is 62.3 Å². The normalized spacial score (nSPS) is 10.2. The summed E-state index contributed by atoms with van der Waals surface area (Å²) in [6, 6.07) is 13.8. The largest absolute Gasteiger partial charge is 0.497 e. The van der Waals surface area contributed by atoms with Crippen LogP contribution in [0, 0.1) is 12.3 Å². The highest BCUT2D eigenvalue weighted by atomic mass is 16.5. The standard InChI is InChI=1S/C16H19N3O/c1-11-10-13(6-9-15(11)16(17)18)19(2)12-4-7-14(20-3)8-5-12/h4-10H,1-3H3,(H3,17,18). The van der Waals surface area contributed by atoms with E-state index in [0.29, 0.717) is 0 Å². The Balaban J connectivity index is 2.30. The second-order valence-corrected chi connectivity index (χ2v) is 4.67. The zero-order chi connectivity index (χ0) is 14.7.